The molecule has 0 spiro atoms. The maximum atomic E-state index is 13.3. The minimum atomic E-state index is -4.25. The molecule has 2 N–H and O–H groups in total. The van der Waals surface area contributed by atoms with Crippen LogP contribution in [-0.4, -0.2) is 24.8 Å². The summed E-state index contributed by atoms with van der Waals surface area (Å²) in [7, 11) is 0. The molecule has 1 aromatic carbocycles. The van der Waals surface area contributed by atoms with Crippen molar-refractivity contribution in [1.82, 2.24) is 0 Å². The third-order valence-electron chi connectivity index (χ3n) is 3.73. The Labute approximate surface area is 111 Å². The Hall–Kier alpha value is -1.23. The van der Waals surface area contributed by atoms with Crippen molar-refractivity contribution in [2.45, 2.75) is 44.4 Å². The third-order valence-corrected chi connectivity index (χ3v) is 3.73. The van der Waals surface area contributed by atoms with Crippen molar-refractivity contribution in [2.24, 2.45) is 5.73 Å². The number of alkyl halides is 3. The average Bonchev–Trinajstić information content (AvgIpc) is 2.35. The Morgan fingerprint density at radius 2 is 2.05 bits per heavy atom. The van der Waals surface area contributed by atoms with E-state index in [2.05, 4.69) is 0 Å². The number of halogens is 3. The summed E-state index contributed by atoms with van der Waals surface area (Å²) in [6.45, 7) is 1.89. The molecule has 19 heavy (non-hydrogen) atoms. The van der Waals surface area contributed by atoms with Gasteiger partial charge in [-0.1, -0.05) is 18.2 Å². The van der Waals surface area contributed by atoms with Crippen LogP contribution in [0.2, 0.25) is 0 Å². The number of nitrogens with two attached hydrogens (primary N) is 1. The summed E-state index contributed by atoms with van der Waals surface area (Å²) in [5.41, 5.74) is 7.07. The molecule has 106 valence electrons. The molecule has 1 aliphatic rings. The lowest BCUT2D eigenvalue weighted by molar-refractivity contribution is -0.151. The zero-order valence-corrected chi connectivity index (χ0v) is 11.0. The molecule has 2 unspecified atom stereocenters. The van der Waals surface area contributed by atoms with Gasteiger partial charge in [0.05, 0.1) is 0 Å². The SMILES string of the molecule is CC1CCc2ccccc2N1C(CCN)C(F)(F)F. The highest BCUT2D eigenvalue weighted by molar-refractivity contribution is 5.57. The number of hydrogen-bond donors (Lipinski definition) is 1. The molecular weight excluding hydrogens is 253 g/mol. The lowest BCUT2D eigenvalue weighted by atomic mass is 9.94. The van der Waals surface area contributed by atoms with Gasteiger partial charge < -0.3 is 10.6 Å². The van der Waals surface area contributed by atoms with Crippen LogP contribution in [0, 0.1) is 0 Å². The van der Waals surface area contributed by atoms with Crippen molar-refractivity contribution in [1.29, 1.82) is 0 Å². The molecule has 0 saturated heterocycles. The standard InChI is InChI=1S/C14H19F3N2/c1-10-6-7-11-4-2-3-5-12(11)19(10)13(8-9-18)14(15,16)17/h2-5,10,13H,6-9,18H2,1H3. The van der Waals surface area contributed by atoms with Crippen molar-refractivity contribution in [3.05, 3.63) is 29.8 Å². The van der Waals surface area contributed by atoms with Crippen molar-refractivity contribution in [2.75, 3.05) is 11.4 Å². The van der Waals surface area contributed by atoms with Gasteiger partial charge >= 0.3 is 6.18 Å². The smallest absolute Gasteiger partial charge is 0.357 e. The number of nitrogens with zero attached hydrogens (tertiary/aromatic N) is 1. The van der Waals surface area contributed by atoms with Crippen LogP contribution in [0.5, 0.6) is 0 Å². The van der Waals surface area contributed by atoms with Gasteiger partial charge in [-0.15, -0.1) is 0 Å². The maximum absolute atomic E-state index is 13.3. The fraction of sp³-hybridized carbons (Fsp3) is 0.571. The first-order valence-electron chi connectivity index (χ1n) is 6.58. The van der Waals surface area contributed by atoms with Gasteiger partial charge in [0.15, 0.2) is 0 Å². The lowest BCUT2D eigenvalue weighted by Crippen LogP contribution is -2.52. The van der Waals surface area contributed by atoms with Gasteiger partial charge in [0.2, 0.25) is 0 Å². The van der Waals surface area contributed by atoms with Crippen LogP contribution in [-0.2, 0) is 6.42 Å². The lowest BCUT2D eigenvalue weighted by Gasteiger charge is -2.43. The zero-order valence-electron chi connectivity index (χ0n) is 11.0. The molecule has 0 aliphatic carbocycles. The Kier molecular flexibility index (Phi) is 4.04. The minimum Gasteiger partial charge on any atom is -0.357 e. The number of anilines is 1. The average molecular weight is 272 g/mol. The third kappa shape index (κ3) is 2.86. The van der Waals surface area contributed by atoms with Crippen LogP contribution in [0.15, 0.2) is 24.3 Å². The molecule has 5 heteroatoms. The van der Waals surface area contributed by atoms with Crippen LogP contribution in [0.25, 0.3) is 0 Å². The summed E-state index contributed by atoms with van der Waals surface area (Å²) in [6.07, 6.45) is -2.74. The molecular formula is C14H19F3N2. The molecule has 0 fully saturated rings. The molecule has 0 aromatic heterocycles. The van der Waals surface area contributed by atoms with Gasteiger partial charge in [-0.05, 0) is 44.4 Å². The maximum Gasteiger partial charge on any atom is 0.408 e. The quantitative estimate of drug-likeness (QED) is 0.916. The summed E-state index contributed by atoms with van der Waals surface area (Å²) in [6, 6.07) is 5.74. The summed E-state index contributed by atoms with van der Waals surface area (Å²) in [4.78, 5) is 1.51. The van der Waals surface area contributed by atoms with Crippen LogP contribution in [0.1, 0.15) is 25.3 Å². The minimum absolute atomic E-state index is 0.0373. The zero-order chi connectivity index (χ0) is 14.0. The first-order valence-corrected chi connectivity index (χ1v) is 6.58. The monoisotopic (exact) mass is 272 g/mol. The highest BCUT2D eigenvalue weighted by atomic mass is 19.4. The second-order valence-corrected chi connectivity index (χ2v) is 5.06. The van der Waals surface area contributed by atoms with E-state index in [1.54, 1.807) is 12.1 Å². The summed E-state index contributed by atoms with van der Waals surface area (Å²) in [5, 5.41) is 0. The Balaban J connectivity index is 2.40. The van der Waals surface area contributed by atoms with Crippen LogP contribution >= 0.6 is 0 Å². The van der Waals surface area contributed by atoms with E-state index in [1.807, 2.05) is 19.1 Å². The van der Waals surface area contributed by atoms with Gasteiger partial charge in [0.25, 0.3) is 0 Å². The first-order chi connectivity index (χ1) is 8.95. The number of rotatable bonds is 3. The summed E-state index contributed by atoms with van der Waals surface area (Å²) < 4.78 is 39.8. The van der Waals surface area contributed by atoms with E-state index in [9.17, 15) is 13.2 Å². The number of fused-ring (bicyclic) bond motifs is 1. The molecule has 2 atom stereocenters. The normalized spacial score (nSPS) is 21.1. The number of benzene rings is 1. The predicted octanol–water partition coefficient (Wildman–Crippen LogP) is 3.11. The fourth-order valence-electron chi connectivity index (χ4n) is 2.81. The van der Waals surface area contributed by atoms with Gasteiger partial charge in [-0.3, -0.25) is 0 Å². The van der Waals surface area contributed by atoms with E-state index in [0.717, 1.165) is 18.4 Å². The topological polar surface area (TPSA) is 29.3 Å². The second-order valence-electron chi connectivity index (χ2n) is 5.06. The van der Waals surface area contributed by atoms with E-state index < -0.39 is 12.2 Å². The molecule has 1 aliphatic heterocycles. The van der Waals surface area contributed by atoms with Gasteiger partial charge in [0.1, 0.15) is 6.04 Å². The van der Waals surface area contributed by atoms with Gasteiger partial charge in [-0.25, -0.2) is 0 Å². The molecule has 0 bridgehead atoms. The van der Waals surface area contributed by atoms with Crippen molar-refractivity contribution >= 4 is 5.69 Å². The molecule has 1 aromatic rings. The largest absolute Gasteiger partial charge is 0.408 e. The fourth-order valence-corrected chi connectivity index (χ4v) is 2.81. The second kappa shape index (κ2) is 5.41. The van der Waals surface area contributed by atoms with Crippen molar-refractivity contribution < 1.29 is 13.2 Å². The van der Waals surface area contributed by atoms with E-state index in [4.69, 9.17) is 5.73 Å². The molecule has 2 rings (SSSR count). The summed E-state index contributed by atoms with van der Waals surface area (Å²) >= 11 is 0. The van der Waals surface area contributed by atoms with E-state index in [1.165, 1.54) is 4.90 Å². The van der Waals surface area contributed by atoms with Crippen molar-refractivity contribution in [3.8, 4) is 0 Å². The van der Waals surface area contributed by atoms with E-state index in [0.29, 0.717) is 5.69 Å². The van der Waals surface area contributed by atoms with Crippen LogP contribution in [0.3, 0.4) is 0 Å². The summed E-state index contributed by atoms with van der Waals surface area (Å²) in [5.74, 6) is 0. The van der Waals surface area contributed by atoms with Crippen molar-refractivity contribution in [3.63, 3.8) is 0 Å². The number of aryl methyl sites for hydroxylation is 1. The Bertz CT molecular complexity index is 431. The number of hydrogen-bond acceptors (Lipinski definition) is 2. The molecule has 1 heterocycles. The number of para-hydroxylation sites is 1. The molecule has 0 saturated carbocycles. The van der Waals surface area contributed by atoms with Gasteiger partial charge in [0, 0.05) is 11.7 Å². The Morgan fingerprint density at radius 1 is 1.37 bits per heavy atom. The highest BCUT2D eigenvalue weighted by Gasteiger charge is 2.45. The highest BCUT2D eigenvalue weighted by Crippen LogP contribution is 2.38. The van der Waals surface area contributed by atoms with E-state index in [-0.39, 0.29) is 19.0 Å². The van der Waals surface area contributed by atoms with Crippen LogP contribution in [0.4, 0.5) is 18.9 Å². The van der Waals surface area contributed by atoms with E-state index >= 15 is 0 Å². The van der Waals surface area contributed by atoms with Gasteiger partial charge in [-0.2, -0.15) is 13.2 Å². The Morgan fingerprint density at radius 3 is 2.68 bits per heavy atom. The molecule has 0 radical (unpaired) electrons. The predicted molar refractivity (Wildman–Crippen MR) is 70.2 cm³/mol. The first kappa shape index (κ1) is 14.2. The van der Waals surface area contributed by atoms with Crippen LogP contribution < -0.4 is 10.6 Å². The molecule has 0 amide bonds. The molecule has 2 nitrogen and oxygen atoms in total.